The Kier molecular flexibility index (Phi) is 5.66. The van der Waals surface area contributed by atoms with Crippen molar-refractivity contribution in [2.45, 2.75) is 4.90 Å². The predicted octanol–water partition coefficient (Wildman–Crippen LogP) is 4.66. The smallest absolute Gasteiger partial charge is 0.234 e. The molecule has 2 rings (SSSR count). The standard InChI is InChI=1S/C14H11Br2FN2OS/c15-8-1-3-12(10(17)5-8)19-14(20)7-21-13-4-2-9(16)6-11(13)18/h1-6H,7,18H2,(H,19,20). The lowest BCUT2D eigenvalue weighted by atomic mass is 10.3. The van der Waals surface area contributed by atoms with E-state index in [1.165, 1.54) is 23.9 Å². The molecule has 0 aliphatic rings. The Labute approximate surface area is 142 Å². The van der Waals surface area contributed by atoms with Gasteiger partial charge in [-0.1, -0.05) is 31.9 Å². The van der Waals surface area contributed by atoms with Gasteiger partial charge in [0.15, 0.2) is 0 Å². The Balaban J connectivity index is 1.96. The summed E-state index contributed by atoms with van der Waals surface area (Å²) < 4.78 is 15.1. The number of hydrogen-bond acceptors (Lipinski definition) is 3. The normalized spacial score (nSPS) is 10.4. The Morgan fingerprint density at radius 2 is 1.86 bits per heavy atom. The summed E-state index contributed by atoms with van der Waals surface area (Å²) in [6.07, 6.45) is 0. The molecule has 0 aromatic heterocycles. The van der Waals surface area contributed by atoms with Crippen LogP contribution in [0, 0.1) is 5.82 Å². The maximum absolute atomic E-state index is 13.6. The Bertz CT molecular complexity index is 682. The third-order valence-corrected chi connectivity index (χ3v) is 4.61. The van der Waals surface area contributed by atoms with Crippen molar-refractivity contribution in [1.29, 1.82) is 0 Å². The third kappa shape index (κ3) is 4.72. The van der Waals surface area contributed by atoms with Crippen molar-refractivity contribution in [3.05, 3.63) is 51.2 Å². The van der Waals surface area contributed by atoms with Crippen LogP contribution < -0.4 is 11.1 Å². The fraction of sp³-hybridized carbons (Fsp3) is 0.0714. The molecule has 0 spiro atoms. The van der Waals surface area contributed by atoms with Gasteiger partial charge in [-0.2, -0.15) is 0 Å². The molecular formula is C14H11Br2FN2OS. The van der Waals surface area contributed by atoms with Gasteiger partial charge in [0.25, 0.3) is 0 Å². The van der Waals surface area contributed by atoms with E-state index in [1.807, 2.05) is 12.1 Å². The van der Waals surface area contributed by atoms with Crippen LogP contribution >= 0.6 is 43.6 Å². The van der Waals surface area contributed by atoms with Crippen molar-refractivity contribution in [2.24, 2.45) is 0 Å². The van der Waals surface area contributed by atoms with Crippen molar-refractivity contribution < 1.29 is 9.18 Å². The van der Waals surface area contributed by atoms with Gasteiger partial charge in [-0.3, -0.25) is 4.79 Å². The van der Waals surface area contributed by atoms with E-state index in [1.54, 1.807) is 12.1 Å². The number of halogens is 3. The molecule has 1 amide bonds. The summed E-state index contributed by atoms with van der Waals surface area (Å²) in [7, 11) is 0. The average molecular weight is 434 g/mol. The Morgan fingerprint density at radius 3 is 2.52 bits per heavy atom. The molecule has 0 aliphatic carbocycles. The summed E-state index contributed by atoms with van der Waals surface area (Å²) in [6, 6.07) is 9.93. The van der Waals surface area contributed by atoms with E-state index in [2.05, 4.69) is 37.2 Å². The molecule has 0 unspecified atom stereocenters. The van der Waals surface area contributed by atoms with Crippen molar-refractivity contribution in [3.63, 3.8) is 0 Å². The minimum absolute atomic E-state index is 0.154. The van der Waals surface area contributed by atoms with Gasteiger partial charge >= 0.3 is 0 Å². The number of hydrogen-bond donors (Lipinski definition) is 2. The first-order chi connectivity index (χ1) is 9.95. The van der Waals surface area contributed by atoms with Gasteiger partial charge in [0, 0.05) is 19.5 Å². The lowest BCUT2D eigenvalue weighted by molar-refractivity contribution is -0.113. The van der Waals surface area contributed by atoms with Gasteiger partial charge in [-0.15, -0.1) is 11.8 Å². The summed E-state index contributed by atoms with van der Waals surface area (Å²) in [6.45, 7) is 0. The van der Waals surface area contributed by atoms with Gasteiger partial charge in [0.1, 0.15) is 5.82 Å². The number of carbonyl (C=O) groups excluding carboxylic acids is 1. The van der Waals surface area contributed by atoms with Gasteiger partial charge in [-0.05, 0) is 36.4 Å². The summed E-state index contributed by atoms with van der Waals surface area (Å²) in [5.74, 6) is -0.615. The first-order valence-electron chi connectivity index (χ1n) is 5.88. The number of nitrogens with one attached hydrogen (secondary N) is 1. The fourth-order valence-corrected chi connectivity index (χ4v) is 3.03. The average Bonchev–Trinajstić information content (AvgIpc) is 2.41. The molecule has 0 aliphatic heterocycles. The number of thioether (sulfide) groups is 1. The number of benzene rings is 2. The first-order valence-corrected chi connectivity index (χ1v) is 8.45. The highest BCUT2D eigenvalue weighted by Crippen LogP contribution is 2.28. The van der Waals surface area contributed by atoms with Gasteiger partial charge < -0.3 is 11.1 Å². The molecule has 110 valence electrons. The van der Waals surface area contributed by atoms with Crippen molar-refractivity contribution >= 4 is 60.9 Å². The van der Waals surface area contributed by atoms with Crippen molar-refractivity contribution in [3.8, 4) is 0 Å². The summed E-state index contributed by atoms with van der Waals surface area (Å²) in [5, 5.41) is 2.53. The zero-order chi connectivity index (χ0) is 15.4. The van der Waals surface area contributed by atoms with Gasteiger partial charge in [0.05, 0.1) is 11.4 Å². The quantitative estimate of drug-likeness (QED) is 0.544. The second-order valence-electron chi connectivity index (χ2n) is 4.14. The molecule has 7 heteroatoms. The van der Waals surface area contributed by atoms with Crippen LogP contribution in [0.3, 0.4) is 0 Å². The number of anilines is 2. The fourth-order valence-electron chi connectivity index (χ4n) is 1.57. The van der Waals surface area contributed by atoms with E-state index < -0.39 is 5.82 Å². The first kappa shape index (κ1) is 16.3. The van der Waals surface area contributed by atoms with E-state index in [0.717, 1.165) is 9.37 Å². The minimum Gasteiger partial charge on any atom is -0.398 e. The predicted molar refractivity (Wildman–Crippen MR) is 92.0 cm³/mol. The highest BCUT2D eigenvalue weighted by molar-refractivity contribution is 9.10. The molecule has 3 nitrogen and oxygen atoms in total. The van der Waals surface area contributed by atoms with E-state index in [0.29, 0.717) is 10.2 Å². The number of carbonyl (C=O) groups is 1. The molecule has 0 fully saturated rings. The second kappa shape index (κ2) is 7.29. The van der Waals surface area contributed by atoms with Crippen LogP contribution in [0.2, 0.25) is 0 Å². The van der Waals surface area contributed by atoms with Crippen LogP contribution in [-0.4, -0.2) is 11.7 Å². The number of nitrogen functional groups attached to an aromatic ring is 1. The van der Waals surface area contributed by atoms with Crippen LogP contribution in [-0.2, 0) is 4.79 Å². The SMILES string of the molecule is Nc1cc(Br)ccc1SCC(=O)Nc1ccc(Br)cc1F. The minimum atomic E-state index is -0.481. The van der Waals surface area contributed by atoms with Crippen LogP contribution in [0.25, 0.3) is 0 Å². The van der Waals surface area contributed by atoms with Crippen molar-refractivity contribution in [2.75, 3.05) is 16.8 Å². The Morgan fingerprint density at radius 1 is 1.19 bits per heavy atom. The molecule has 0 radical (unpaired) electrons. The molecule has 3 N–H and O–H groups in total. The molecule has 0 atom stereocenters. The van der Waals surface area contributed by atoms with Gasteiger partial charge in [0.2, 0.25) is 5.91 Å². The topological polar surface area (TPSA) is 55.1 Å². The number of amides is 1. The summed E-state index contributed by atoms with van der Waals surface area (Å²) in [4.78, 5) is 12.7. The highest BCUT2D eigenvalue weighted by Gasteiger charge is 2.09. The van der Waals surface area contributed by atoms with Crippen LogP contribution in [0.5, 0.6) is 0 Å². The molecule has 0 saturated carbocycles. The third-order valence-electron chi connectivity index (χ3n) is 2.54. The largest absolute Gasteiger partial charge is 0.398 e. The van der Waals surface area contributed by atoms with Crippen molar-refractivity contribution in [1.82, 2.24) is 0 Å². The summed E-state index contributed by atoms with van der Waals surface area (Å²) in [5.41, 5.74) is 6.61. The summed E-state index contributed by atoms with van der Waals surface area (Å²) >= 11 is 7.79. The lowest BCUT2D eigenvalue weighted by Crippen LogP contribution is -2.15. The van der Waals surface area contributed by atoms with Crippen LogP contribution in [0.1, 0.15) is 0 Å². The van der Waals surface area contributed by atoms with E-state index in [-0.39, 0.29) is 17.3 Å². The molecule has 2 aromatic rings. The van der Waals surface area contributed by atoms with E-state index in [4.69, 9.17) is 5.73 Å². The maximum atomic E-state index is 13.6. The molecule has 2 aromatic carbocycles. The highest BCUT2D eigenvalue weighted by atomic mass is 79.9. The number of nitrogens with two attached hydrogens (primary N) is 1. The Hall–Kier alpha value is -1.05. The maximum Gasteiger partial charge on any atom is 0.234 e. The molecule has 0 saturated heterocycles. The van der Waals surface area contributed by atoms with E-state index >= 15 is 0 Å². The number of rotatable bonds is 4. The molecule has 0 bridgehead atoms. The monoisotopic (exact) mass is 432 g/mol. The molecule has 21 heavy (non-hydrogen) atoms. The zero-order valence-corrected chi connectivity index (χ0v) is 14.7. The van der Waals surface area contributed by atoms with E-state index in [9.17, 15) is 9.18 Å². The zero-order valence-electron chi connectivity index (χ0n) is 10.7. The van der Waals surface area contributed by atoms with Gasteiger partial charge in [-0.25, -0.2) is 4.39 Å². The van der Waals surface area contributed by atoms with Crippen LogP contribution in [0.4, 0.5) is 15.8 Å². The molecular weight excluding hydrogens is 423 g/mol. The lowest BCUT2D eigenvalue weighted by Gasteiger charge is -2.08. The second-order valence-corrected chi connectivity index (χ2v) is 6.99. The molecule has 0 heterocycles. The van der Waals surface area contributed by atoms with Crippen LogP contribution in [0.15, 0.2) is 50.2 Å².